The predicted octanol–water partition coefficient (Wildman–Crippen LogP) is 2.68. The fourth-order valence-corrected chi connectivity index (χ4v) is 1.77. The molecule has 0 bridgehead atoms. The maximum absolute atomic E-state index is 12.6. The molecule has 0 saturated heterocycles. The van der Waals surface area contributed by atoms with Gasteiger partial charge in [0.25, 0.3) is 0 Å². The summed E-state index contributed by atoms with van der Waals surface area (Å²) < 4.78 is 34.5. The van der Waals surface area contributed by atoms with E-state index in [1.54, 1.807) is 0 Å². The van der Waals surface area contributed by atoms with Crippen molar-refractivity contribution in [2.24, 2.45) is 0 Å². The first-order chi connectivity index (χ1) is 8.74. The molecular formula is C13H16F2O4. The molecular weight excluding hydrogens is 258 g/mol. The van der Waals surface area contributed by atoms with Crippen molar-refractivity contribution in [3.05, 3.63) is 28.8 Å². The van der Waals surface area contributed by atoms with Crippen LogP contribution in [0.25, 0.3) is 0 Å². The highest BCUT2D eigenvalue weighted by Crippen LogP contribution is 2.24. The van der Waals surface area contributed by atoms with Gasteiger partial charge in [0, 0.05) is 0 Å². The van der Waals surface area contributed by atoms with Crippen LogP contribution in [0, 0.1) is 20.8 Å². The minimum absolute atomic E-state index is 0.145. The standard InChI is InChI=1S/C13H16F2O4/c1-8-6-9(2)11(10(3)7-8)18-4-5-19-13(14,15)12(16)17/h6-7H,4-5H2,1-3H3,(H,16,17). The van der Waals surface area contributed by atoms with E-state index in [0.717, 1.165) is 16.7 Å². The fraction of sp³-hybridized carbons (Fsp3) is 0.462. The van der Waals surface area contributed by atoms with E-state index in [1.165, 1.54) is 0 Å². The molecule has 0 radical (unpaired) electrons. The molecule has 1 rings (SSSR count). The quantitative estimate of drug-likeness (QED) is 0.810. The summed E-state index contributed by atoms with van der Waals surface area (Å²) in [5, 5.41) is 8.16. The number of aliphatic carboxylic acids is 1. The molecule has 0 saturated carbocycles. The number of carbonyl (C=O) groups is 1. The maximum Gasteiger partial charge on any atom is 0.456 e. The Balaban J connectivity index is 2.53. The Morgan fingerprint density at radius 1 is 1.21 bits per heavy atom. The summed E-state index contributed by atoms with van der Waals surface area (Å²) in [4.78, 5) is 10.1. The van der Waals surface area contributed by atoms with Crippen molar-refractivity contribution in [1.29, 1.82) is 0 Å². The Morgan fingerprint density at radius 3 is 2.21 bits per heavy atom. The summed E-state index contributed by atoms with van der Waals surface area (Å²) in [6, 6.07) is 3.82. The minimum Gasteiger partial charge on any atom is -0.491 e. The van der Waals surface area contributed by atoms with Crippen LogP contribution in [0.4, 0.5) is 8.78 Å². The van der Waals surface area contributed by atoms with Gasteiger partial charge in [-0.1, -0.05) is 17.7 Å². The third kappa shape index (κ3) is 4.17. The zero-order chi connectivity index (χ0) is 14.6. The summed E-state index contributed by atoms with van der Waals surface area (Å²) in [6.45, 7) is 4.99. The fourth-order valence-electron chi connectivity index (χ4n) is 1.77. The smallest absolute Gasteiger partial charge is 0.456 e. The van der Waals surface area contributed by atoms with E-state index in [9.17, 15) is 13.6 Å². The normalized spacial score (nSPS) is 11.4. The van der Waals surface area contributed by atoms with Crippen molar-refractivity contribution in [1.82, 2.24) is 0 Å². The Hall–Kier alpha value is -1.69. The van der Waals surface area contributed by atoms with E-state index in [2.05, 4.69) is 4.74 Å². The minimum atomic E-state index is -4.18. The Morgan fingerprint density at radius 2 is 1.74 bits per heavy atom. The molecule has 19 heavy (non-hydrogen) atoms. The van der Waals surface area contributed by atoms with Gasteiger partial charge in [-0.05, 0) is 31.9 Å². The van der Waals surface area contributed by atoms with Crippen LogP contribution in [-0.4, -0.2) is 30.4 Å². The first-order valence-electron chi connectivity index (χ1n) is 5.70. The molecule has 1 aromatic carbocycles. The highest BCUT2D eigenvalue weighted by molar-refractivity contribution is 5.73. The van der Waals surface area contributed by atoms with Gasteiger partial charge in [-0.2, -0.15) is 8.78 Å². The second kappa shape index (κ2) is 5.97. The lowest BCUT2D eigenvalue weighted by Crippen LogP contribution is -2.33. The number of rotatable bonds is 6. The molecule has 4 nitrogen and oxygen atoms in total. The molecule has 1 aromatic rings. The summed E-state index contributed by atoms with van der Waals surface area (Å²) in [5.41, 5.74) is 2.86. The third-order valence-electron chi connectivity index (χ3n) is 2.47. The monoisotopic (exact) mass is 274 g/mol. The number of carboxylic acids is 1. The zero-order valence-corrected chi connectivity index (χ0v) is 11.0. The van der Waals surface area contributed by atoms with Crippen molar-refractivity contribution in [2.75, 3.05) is 13.2 Å². The molecule has 0 aromatic heterocycles. The molecule has 0 atom stereocenters. The van der Waals surface area contributed by atoms with E-state index in [-0.39, 0.29) is 6.61 Å². The van der Waals surface area contributed by atoms with Gasteiger partial charge in [-0.3, -0.25) is 0 Å². The maximum atomic E-state index is 12.6. The van der Waals surface area contributed by atoms with Crippen LogP contribution < -0.4 is 4.74 Å². The van der Waals surface area contributed by atoms with Crippen molar-refractivity contribution < 1.29 is 28.2 Å². The van der Waals surface area contributed by atoms with E-state index < -0.39 is 18.7 Å². The SMILES string of the molecule is Cc1cc(C)c(OCCOC(F)(F)C(=O)O)c(C)c1. The second-order valence-corrected chi connectivity index (χ2v) is 4.25. The van der Waals surface area contributed by atoms with Crippen LogP contribution in [0.15, 0.2) is 12.1 Å². The summed E-state index contributed by atoms with van der Waals surface area (Å²) in [5.74, 6) is -1.71. The first kappa shape index (κ1) is 15.4. The van der Waals surface area contributed by atoms with Gasteiger partial charge in [0.1, 0.15) is 12.4 Å². The Kier molecular flexibility index (Phi) is 4.83. The zero-order valence-electron chi connectivity index (χ0n) is 11.0. The number of hydrogen-bond acceptors (Lipinski definition) is 3. The number of carboxylic acid groups (broad SMARTS) is 1. The third-order valence-corrected chi connectivity index (χ3v) is 2.47. The van der Waals surface area contributed by atoms with Crippen LogP contribution in [0.2, 0.25) is 0 Å². The molecule has 0 aliphatic heterocycles. The topological polar surface area (TPSA) is 55.8 Å². The number of benzene rings is 1. The van der Waals surface area contributed by atoms with Crippen LogP contribution in [-0.2, 0) is 9.53 Å². The van der Waals surface area contributed by atoms with Gasteiger partial charge in [0.15, 0.2) is 0 Å². The van der Waals surface area contributed by atoms with Gasteiger partial charge in [0.2, 0.25) is 0 Å². The van der Waals surface area contributed by atoms with Crippen molar-refractivity contribution >= 4 is 5.97 Å². The predicted molar refractivity (Wildman–Crippen MR) is 64.7 cm³/mol. The van der Waals surface area contributed by atoms with Crippen LogP contribution in [0.3, 0.4) is 0 Å². The molecule has 0 aliphatic carbocycles. The summed E-state index contributed by atoms with van der Waals surface area (Å²) >= 11 is 0. The van der Waals surface area contributed by atoms with E-state index in [0.29, 0.717) is 5.75 Å². The van der Waals surface area contributed by atoms with Gasteiger partial charge < -0.3 is 14.6 Å². The van der Waals surface area contributed by atoms with Gasteiger partial charge in [-0.25, -0.2) is 4.79 Å². The largest absolute Gasteiger partial charge is 0.491 e. The number of ether oxygens (including phenoxy) is 2. The molecule has 6 heteroatoms. The average molecular weight is 274 g/mol. The molecule has 106 valence electrons. The second-order valence-electron chi connectivity index (χ2n) is 4.25. The van der Waals surface area contributed by atoms with E-state index >= 15 is 0 Å². The van der Waals surface area contributed by atoms with Crippen molar-refractivity contribution in [3.8, 4) is 5.75 Å². The Labute approximate surface area is 109 Å². The molecule has 1 N–H and O–H groups in total. The average Bonchev–Trinajstić information content (AvgIpc) is 2.26. The molecule has 0 spiro atoms. The van der Waals surface area contributed by atoms with Crippen molar-refractivity contribution in [2.45, 2.75) is 26.9 Å². The van der Waals surface area contributed by atoms with Gasteiger partial charge in [-0.15, -0.1) is 0 Å². The number of hydrogen-bond donors (Lipinski definition) is 1. The highest BCUT2D eigenvalue weighted by atomic mass is 19.3. The first-order valence-corrected chi connectivity index (χ1v) is 5.70. The Bertz CT molecular complexity index is 449. The lowest BCUT2D eigenvalue weighted by molar-refractivity contribution is -0.247. The number of aryl methyl sites for hydroxylation is 3. The molecule has 0 aliphatic rings. The molecule has 0 heterocycles. The van der Waals surface area contributed by atoms with Crippen molar-refractivity contribution in [3.63, 3.8) is 0 Å². The van der Waals surface area contributed by atoms with Crippen LogP contribution in [0.1, 0.15) is 16.7 Å². The van der Waals surface area contributed by atoms with E-state index in [1.807, 2.05) is 32.9 Å². The van der Waals surface area contributed by atoms with Gasteiger partial charge in [0.05, 0.1) is 6.61 Å². The molecule has 0 fully saturated rings. The summed E-state index contributed by atoms with van der Waals surface area (Å²) in [6.07, 6.45) is -4.18. The van der Waals surface area contributed by atoms with Crippen LogP contribution >= 0.6 is 0 Å². The summed E-state index contributed by atoms with van der Waals surface area (Å²) in [7, 11) is 0. The molecule has 0 unspecified atom stereocenters. The molecule has 0 amide bonds. The lowest BCUT2D eigenvalue weighted by atomic mass is 10.1. The highest BCUT2D eigenvalue weighted by Gasteiger charge is 2.40. The van der Waals surface area contributed by atoms with Crippen LogP contribution in [0.5, 0.6) is 5.75 Å². The van der Waals surface area contributed by atoms with Gasteiger partial charge >= 0.3 is 12.1 Å². The number of alkyl halides is 2. The lowest BCUT2D eigenvalue weighted by Gasteiger charge is -2.15. The van der Waals surface area contributed by atoms with E-state index in [4.69, 9.17) is 9.84 Å². The number of halogens is 2.